The second-order valence-corrected chi connectivity index (χ2v) is 3.86. The molecule has 1 aromatic rings. The van der Waals surface area contributed by atoms with E-state index in [9.17, 15) is 4.79 Å². The van der Waals surface area contributed by atoms with E-state index in [4.69, 9.17) is 5.26 Å². The molecule has 18 heavy (non-hydrogen) atoms. The van der Waals surface area contributed by atoms with Gasteiger partial charge < -0.3 is 9.80 Å². The summed E-state index contributed by atoms with van der Waals surface area (Å²) in [7, 11) is 0. The Labute approximate surface area is 105 Å². The van der Waals surface area contributed by atoms with Gasteiger partial charge >= 0.3 is 0 Å². The minimum atomic E-state index is -0.0608. The Morgan fingerprint density at radius 2 is 2.00 bits per heavy atom. The number of piperazine rings is 1. The molecule has 2 heterocycles. The summed E-state index contributed by atoms with van der Waals surface area (Å²) >= 11 is 0. The summed E-state index contributed by atoms with van der Waals surface area (Å²) < 4.78 is 0. The first-order valence-corrected chi connectivity index (χ1v) is 5.63. The summed E-state index contributed by atoms with van der Waals surface area (Å²) in [4.78, 5) is 23.3. The van der Waals surface area contributed by atoms with Gasteiger partial charge in [0.1, 0.15) is 6.07 Å². The minimum Gasteiger partial charge on any atom is -0.351 e. The number of carbonyl (C=O) groups excluding carboxylic acids is 1. The molecule has 0 atom stereocenters. The summed E-state index contributed by atoms with van der Waals surface area (Å²) in [5.41, 5.74) is 0.320. The molecule has 2 rings (SSSR count). The van der Waals surface area contributed by atoms with E-state index < -0.39 is 0 Å². The standard InChI is InChI=1S/C12H13N5O/c1-2-11(18)16-5-7-17(8-6-16)12-10(9-13)14-3-4-15-12/h2-4H,1,5-8H2. The molecule has 6 heteroatoms. The fourth-order valence-corrected chi connectivity index (χ4v) is 1.91. The van der Waals surface area contributed by atoms with Gasteiger partial charge in [0.05, 0.1) is 0 Å². The topological polar surface area (TPSA) is 73.1 Å². The Morgan fingerprint density at radius 1 is 1.33 bits per heavy atom. The van der Waals surface area contributed by atoms with Crippen LogP contribution < -0.4 is 4.90 Å². The highest BCUT2D eigenvalue weighted by molar-refractivity contribution is 5.87. The van der Waals surface area contributed by atoms with Crippen LogP contribution in [-0.4, -0.2) is 47.0 Å². The van der Waals surface area contributed by atoms with Crippen molar-refractivity contribution in [3.63, 3.8) is 0 Å². The van der Waals surface area contributed by atoms with Gasteiger partial charge in [-0.25, -0.2) is 9.97 Å². The van der Waals surface area contributed by atoms with Gasteiger partial charge in [0.15, 0.2) is 11.5 Å². The van der Waals surface area contributed by atoms with Gasteiger partial charge in [-0.1, -0.05) is 6.58 Å². The molecule has 1 aliphatic rings. The van der Waals surface area contributed by atoms with E-state index in [0.717, 1.165) is 0 Å². The number of aromatic nitrogens is 2. The number of nitriles is 1. The SMILES string of the molecule is C=CC(=O)N1CCN(c2nccnc2C#N)CC1. The fraction of sp³-hybridized carbons (Fsp3) is 0.333. The van der Waals surface area contributed by atoms with Crippen LogP contribution in [-0.2, 0) is 4.79 Å². The second kappa shape index (κ2) is 5.27. The third-order valence-electron chi connectivity index (χ3n) is 2.85. The number of hydrogen-bond acceptors (Lipinski definition) is 5. The molecule has 1 aliphatic heterocycles. The Kier molecular flexibility index (Phi) is 3.53. The molecule has 0 radical (unpaired) electrons. The largest absolute Gasteiger partial charge is 0.351 e. The van der Waals surface area contributed by atoms with Crippen molar-refractivity contribution in [2.24, 2.45) is 0 Å². The first-order chi connectivity index (χ1) is 8.76. The summed E-state index contributed by atoms with van der Waals surface area (Å²) in [6.07, 6.45) is 4.38. The van der Waals surface area contributed by atoms with E-state index in [1.807, 2.05) is 11.0 Å². The maximum Gasteiger partial charge on any atom is 0.246 e. The highest BCUT2D eigenvalue weighted by Gasteiger charge is 2.22. The maximum absolute atomic E-state index is 11.4. The van der Waals surface area contributed by atoms with Crippen LogP contribution in [0.5, 0.6) is 0 Å². The lowest BCUT2D eigenvalue weighted by Crippen LogP contribution is -2.48. The maximum atomic E-state index is 11.4. The average Bonchev–Trinajstić information content (AvgIpc) is 2.46. The Morgan fingerprint density at radius 3 is 2.61 bits per heavy atom. The zero-order valence-electron chi connectivity index (χ0n) is 9.91. The molecule has 0 aliphatic carbocycles. The van der Waals surface area contributed by atoms with Gasteiger partial charge in [0.25, 0.3) is 0 Å². The molecule has 0 spiro atoms. The van der Waals surface area contributed by atoms with Gasteiger partial charge in [-0.2, -0.15) is 5.26 Å². The summed E-state index contributed by atoms with van der Waals surface area (Å²) in [6, 6.07) is 2.03. The van der Waals surface area contributed by atoms with Crippen LogP contribution in [0.2, 0.25) is 0 Å². The molecule has 0 aromatic carbocycles. The highest BCUT2D eigenvalue weighted by atomic mass is 16.2. The summed E-state index contributed by atoms with van der Waals surface area (Å²) in [5, 5.41) is 8.97. The monoisotopic (exact) mass is 243 g/mol. The van der Waals surface area contributed by atoms with Crippen LogP contribution >= 0.6 is 0 Å². The molecule has 92 valence electrons. The first kappa shape index (κ1) is 12.0. The minimum absolute atomic E-state index is 0.0608. The zero-order chi connectivity index (χ0) is 13.0. The van der Waals surface area contributed by atoms with Crippen molar-refractivity contribution in [2.45, 2.75) is 0 Å². The fourth-order valence-electron chi connectivity index (χ4n) is 1.91. The van der Waals surface area contributed by atoms with Crippen molar-refractivity contribution < 1.29 is 4.79 Å². The van der Waals surface area contributed by atoms with Crippen molar-refractivity contribution in [3.05, 3.63) is 30.7 Å². The van der Waals surface area contributed by atoms with Crippen LogP contribution in [0, 0.1) is 11.3 Å². The Bertz CT molecular complexity index is 499. The number of amides is 1. The summed E-state index contributed by atoms with van der Waals surface area (Å²) in [5.74, 6) is 0.528. The van der Waals surface area contributed by atoms with Crippen LogP contribution in [0.3, 0.4) is 0 Å². The molecule has 0 unspecified atom stereocenters. The zero-order valence-corrected chi connectivity index (χ0v) is 9.91. The number of hydrogen-bond donors (Lipinski definition) is 0. The molecule has 6 nitrogen and oxygen atoms in total. The van der Waals surface area contributed by atoms with E-state index in [0.29, 0.717) is 37.7 Å². The van der Waals surface area contributed by atoms with Crippen LogP contribution in [0.1, 0.15) is 5.69 Å². The van der Waals surface area contributed by atoms with E-state index in [-0.39, 0.29) is 5.91 Å². The van der Waals surface area contributed by atoms with E-state index in [1.165, 1.54) is 12.3 Å². The molecule has 0 bridgehead atoms. The molecular formula is C12H13N5O. The third kappa shape index (κ3) is 2.30. The normalized spacial score (nSPS) is 15.1. The molecule has 1 aromatic heterocycles. The van der Waals surface area contributed by atoms with Gasteiger partial charge in [0.2, 0.25) is 5.91 Å². The van der Waals surface area contributed by atoms with Gasteiger partial charge in [-0.15, -0.1) is 0 Å². The van der Waals surface area contributed by atoms with Crippen molar-refractivity contribution in [1.29, 1.82) is 5.26 Å². The molecular weight excluding hydrogens is 230 g/mol. The predicted molar refractivity (Wildman–Crippen MR) is 65.7 cm³/mol. The molecule has 1 fully saturated rings. The van der Waals surface area contributed by atoms with Crippen molar-refractivity contribution in [3.8, 4) is 6.07 Å². The number of anilines is 1. The number of nitrogens with zero attached hydrogens (tertiary/aromatic N) is 5. The highest BCUT2D eigenvalue weighted by Crippen LogP contribution is 2.16. The predicted octanol–water partition coefficient (Wildman–Crippen LogP) is 0.183. The molecule has 0 saturated carbocycles. The molecule has 1 amide bonds. The first-order valence-electron chi connectivity index (χ1n) is 5.63. The number of rotatable bonds is 2. The lowest BCUT2D eigenvalue weighted by atomic mass is 10.3. The lowest BCUT2D eigenvalue weighted by Gasteiger charge is -2.34. The van der Waals surface area contributed by atoms with Crippen molar-refractivity contribution in [1.82, 2.24) is 14.9 Å². The smallest absolute Gasteiger partial charge is 0.246 e. The Hall–Kier alpha value is -2.42. The third-order valence-corrected chi connectivity index (χ3v) is 2.85. The van der Waals surface area contributed by atoms with E-state index in [1.54, 1.807) is 11.1 Å². The lowest BCUT2D eigenvalue weighted by molar-refractivity contribution is -0.126. The van der Waals surface area contributed by atoms with Crippen LogP contribution in [0.25, 0.3) is 0 Å². The van der Waals surface area contributed by atoms with Crippen molar-refractivity contribution >= 4 is 11.7 Å². The van der Waals surface area contributed by atoms with Gasteiger partial charge in [-0.05, 0) is 6.08 Å². The second-order valence-electron chi connectivity index (χ2n) is 3.86. The quantitative estimate of drug-likeness (QED) is 0.693. The van der Waals surface area contributed by atoms with Gasteiger partial charge in [-0.3, -0.25) is 4.79 Å². The summed E-state index contributed by atoms with van der Waals surface area (Å²) in [6.45, 7) is 5.97. The van der Waals surface area contributed by atoms with E-state index in [2.05, 4.69) is 16.5 Å². The van der Waals surface area contributed by atoms with Crippen LogP contribution in [0.15, 0.2) is 25.0 Å². The number of carbonyl (C=O) groups is 1. The molecule has 0 N–H and O–H groups in total. The van der Waals surface area contributed by atoms with Crippen molar-refractivity contribution in [2.75, 3.05) is 31.1 Å². The average molecular weight is 243 g/mol. The van der Waals surface area contributed by atoms with Gasteiger partial charge in [0, 0.05) is 38.6 Å². The van der Waals surface area contributed by atoms with Crippen LogP contribution in [0.4, 0.5) is 5.82 Å². The van der Waals surface area contributed by atoms with E-state index >= 15 is 0 Å². The Balaban J connectivity index is 2.08. The molecule has 1 saturated heterocycles.